The molecule has 1 amide bonds. The van der Waals surface area contributed by atoms with E-state index in [4.69, 9.17) is 10.00 Å². The van der Waals surface area contributed by atoms with Crippen LogP contribution in [0.3, 0.4) is 0 Å². The van der Waals surface area contributed by atoms with Crippen molar-refractivity contribution in [1.29, 1.82) is 5.26 Å². The average Bonchev–Trinajstić information content (AvgIpc) is 2.47. The third-order valence-corrected chi connectivity index (χ3v) is 2.75. The third kappa shape index (κ3) is 3.83. The zero-order chi connectivity index (χ0) is 16.2. The first-order valence-electron chi connectivity index (χ1n) is 6.84. The van der Waals surface area contributed by atoms with Gasteiger partial charge in [0.25, 0.3) is 0 Å². The number of carbonyl (C=O) groups is 1. The summed E-state index contributed by atoms with van der Waals surface area (Å²) in [7, 11) is 0. The van der Waals surface area contributed by atoms with Gasteiger partial charge < -0.3 is 4.74 Å². The van der Waals surface area contributed by atoms with E-state index in [2.05, 4.69) is 11.1 Å². The lowest BCUT2D eigenvalue weighted by Gasteiger charge is -2.27. The largest absolute Gasteiger partial charge is 0.443 e. The number of aromatic nitrogens is 1. The smallest absolute Gasteiger partial charge is 0.419 e. The lowest BCUT2D eigenvalue weighted by atomic mass is 10.2. The SMILES string of the molecule is CC(C)(C)OC(=O)N(c1ccncc1)c1ccc(C#N)cc1. The zero-order valence-electron chi connectivity index (χ0n) is 12.8. The van der Waals surface area contributed by atoms with Crippen molar-refractivity contribution in [2.75, 3.05) is 4.90 Å². The van der Waals surface area contributed by atoms with E-state index in [0.717, 1.165) is 0 Å². The second-order valence-electron chi connectivity index (χ2n) is 5.68. The molecule has 2 aromatic rings. The van der Waals surface area contributed by atoms with Crippen LogP contribution in [0.25, 0.3) is 0 Å². The van der Waals surface area contributed by atoms with Gasteiger partial charge in [-0.25, -0.2) is 9.69 Å². The fourth-order valence-electron chi connectivity index (χ4n) is 1.85. The summed E-state index contributed by atoms with van der Waals surface area (Å²) in [5, 5.41) is 8.88. The Balaban J connectivity index is 2.41. The van der Waals surface area contributed by atoms with Gasteiger partial charge in [0, 0.05) is 12.4 Å². The molecule has 0 radical (unpaired) electrons. The molecular formula is C17H17N3O2. The molecule has 0 aliphatic carbocycles. The van der Waals surface area contributed by atoms with E-state index in [0.29, 0.717) is 16.9 Å². The first-order chi connectivity index (χ1) is 10.4. The van der Waals surface area contributed by atoms with Crippen molar-refractivity contribution in [3.05, 3.63) is 54.4 Å². The minimum atomic E-state index is -0.602. The van der Waals surface area contributed by atoms with E-state index in [1.54, 1.807) is 48.8 Å². The molecule has 1 heterocycles. The quantitative estimate of drug-likeness (QED) is 0.839. The number of anilines is 2. The Morgan fingerprint density at radius 3 is 2.14 bits per heavy atom. The van der Waals surface area contributed by atoms with Crippen LogP contribution in [0.4, 0.5) is 16.2 Å². The number of ether oxygens (including phenoxy) is 1. The van der Waals surface area contributed by atoms with Crippen molar-refractivity contribution >= 4 is 17.5 Å². The molecule has 0 aliphatic heterocycles. The maximum Gasteiger partial charge on any atom is 0.419 e. The van der Waals surface area contributed by atoms with Crippen LogP contribution < -0.4 is 4.90 Å². The summed E-state index contributed by atoms with van der Waals surface area (Å²) in [6.45, 7) is 5.44. The highest BCUT2D eigenvalue weighted by atomic mass is 16.6. The highest BCUT2D eigenvalue weighted by molar-refractivity contribution is 5.96. The van der Waals surface area contributed by atoms with Crippen molar-refractivity contribution < 1.29 is 9.53 Å². The molecule has 0 aliphatic rings. The number of nitriles is 1. The van der Waals surface area contributed by atoms with Crippen molar-refractivity contribution in [1.82, 2.24) is 4.98 Å². The number of pyridine rings is 1. The molecule has 1 aromatic heterocycles. The van der Waals surface area contributed by atoms with Crippen LogP contribution in [0.2, 0.25) is 0 Å². The topological polar surface area (TPSA) is 66.2 Å². The van der Waals surface area contributed by atoms with E-state index >= 15 is 0 Å². The predicted octanol–water partition coefficient (Wildman–Crippen LogP) is 4.03. The Morgan fingerprint density at radius 1 is 1.09 bits per heavy atom. The van der Waals surface area contributed by atoms with Crippen LogP contribution in [0.5, 0.6) is 0 Å². The number of hydrogen-bond donors (Lipinski definition) is 0. The van der Waals surface area contributed by atoms with Gasteiger partial charge in [0.2, 0.25) is 0 Å². The van der Waals surface area contributed by atoms with Gasteiger partial charge >= 0.3 is 6.09 Å². The number of carbonyl (C=O) groups excluding carboxylic acids is 1. The summed E-state index contributed by atoms with van der Waals surface area (Å²) in [5.41, 5.74) is 1.20. The third-order valence-electron chi connectivity index (χ3n) is 2.75. The van der Waals surface area contributed by atoms with Gasteiger partial charge in [-0.3, -0.25) is 4.98 Å². The summed E-state index contributed by atoms with van der Waals surface area (Å²) in [5.74, 6) is 0. The van der Waals surface area contributed by atoms with E-state index in [-0.39, 0.29) is 0 Å². The summed E-state index contributed by atoms with van der Waals surface area (Å²) < 4.78 is 5.47. The van der Waals surface area contributed by atoms with Crippen LogP contribution in [0, 0.1) is 11.3 Å². The Hall–Kier alpha value is -2.87. The summed E-state index contributed by atoms with van der Waals surface area (Å²) in [6.07, 6.45) is 2.73. The molecule has 5 heteroatoms. The fourth-order valence-corrected chi connectivity index (χ4v) is 1.85. The van der Waals surface area contributed by atoms with E-state index < -0.39 is 11.7 Å². The highest BCUT2D eigenvalue weighted by Gasteiger charge is 2.24. The number of rotatable bonds is 2. The van der Waals surface area contributed by atoms with Crippen molar-refractivity contribution in [2.24, 2.45) is 0 Å². The molecule has 0 spiro atoms. The summed E-state index contributed by atoms with van der Waals surface area (Å²) in [6, 6.07) is 12.2. The second-order valence-corrected chi connectivity index (χ2v) is 5.68. The van der Waals surface area contributed by atoms with Gasteiger partial charge in [0.15, 0.2) is 0 Å². The molecule has 0 atom stereocenters. The van der Waals surface area contributed by atoms with Gasteiger partial charge in [0.05, 0.1) is 23.0 Å². The van der Waals surface area contributed by atoms with Crippen LogP contribution in [-0.2, 0) is 4.74 Å². The molecular weight excluding hydrogens is 278 g/mol. The average molecular weight is 295 g/mol. The number of benzene rings is 1. The lowest BCUT2D eigenvalue weighted by Crippen LogP contribution is -2.33. The maximum atomic E-state index is 12.5. The first kappa shape index (κ1) is 15.5. The molecule has 5 nitrogen and oxygen atoms in total. The molecule has 0 saturated heterocycles. The van der Waals surface area contributed by atoms with Gasteiger partial charge in [-0.15, -0.1) is 0 Å². The van der Waals surface area contributed by atoms with E-state index in [1.165, 1.54) is 4.90 Å². The summed E-state index contributed by atoms with van der Waals surface area (Å²) >= 11 is 0. The molecule has 22 heavy (non-hydrogen) atoms. The highest BCUT2D eigenvalue weighted by Crippen LogP contribution is 2.27. The van der Waals surface area contributed by atoms with E-state index in [9.17, 15) is 4.79 Å². The molecule has 1 aromatic carbocycles. The Kier molecular flexibility index (Phi) is 4.42. The normalized spacial score (nSPS) is 10.6. The predicted molar refractivity (Wildman–Crippen MR) is 83.8 cm³/mol. The minimum Gasteiger partial charge on any atom is -0.443 e. The van der Waals surface area contributed by atoms with Gasteiger partial charge in [-0.2, -0.15) is 5.26 Å². The molecule has 0 fully saturated rings. The van der Waals surface area contributed by atoms with E-state index in [1.807, 2.05) is 20.8 Å². The molecule has 0 bridgehead atoms. The Bertz CT molecular complexity index is 683. The van der Waals surface area contributed by atoms with Crippen LogP contribution in [0.15, 0.2) is 48.8 Å². The van der Waals surface area contributed by atoms with Crippen molar-refractivity contribution in [3.63, 3.8) is 0 Å². The number of nitrogens with zero attached hydrogens (tertiary/aromatic N) is 3. The Morgan fingerprint density at radius 2 is 1.64 bits per heavy atom. The second kappa shape index (κ2) is 6.27. The van der Waals surface area contributed by atoms with Gasteiger partial charge in [0.1, 0.15) is 5.60 Å². The number of hydrogen-bond acceptors (Lipinski definition) is 4. The molecule has 0 saturated carbocycles. The standard InChI is InChI=1S/C17H17N3O2/c1-17(2,3)22-16(21)20(15-8-10-19-11-9-15)14-6-4-13(12-18)5-7-14/h4-11H,1-3H3. The lowest BCUT2D eigenvalue weighted by molar-refractivity contribution is 0.0599. The van der Waals surface area contributed by atoms with Crippen LogP contribution in [0.1, 0.15) is 26.3 Å². The monoisotopic (exact) mass is 295 g/mol. The minimum absolute atomic E-state index is 0.483. The van der Waals surface area contributed by atoms with Gasteiger partial charge in [-0.05, 0) is 57.2 Å². The van der Waals surface area contributed by atoms with Crippen molar-refractivity contribution in [3.8, 4) is 6.07 Å². The number of amides is 1. The van der Waals surface area contributed by atoms with Gasteiger partial charge in [-0.1, -0.05) is 0 Å². The fraction of sp³-hybridized carbons (Fsp3) is 0.235. The molecule has 0 unspecified atom stereocenters. The zero-order valence-corrected chi connectivity index (χ0v) is 12.8. The molecule has 2 rings (SSSR count). The van der Waals surface area contributed by atoms with Crippen LogP contribution in [-0.4, -0.2) is 16.7 Å². The molecule has 112 valence electrons. The molecule has 0 N–H and O–H groups in total. The Labute approximate surface area is 129 Å². The van der Waals surface area contributed by atoms with Crippen molar-refractivity contribution in [2.45, 2.75) is 26.4 Å². The first-order valence-corrected chi connectivity index (χ1v) is 6.84. The van der Waals surface area contributed by atoms with Crippen LogP contribution >= 0.6 is 0 Å². The summed E-state index contributed by atoms with van der Waals surface area (Å²) in [4.78, 5) is 17.9. The maximum absolute atomic E-state index is 12.5.